The van der Waals surface area contributed by atoms with E-state index < -0.39 is 24.0 Å². The molecule has 7 nitrogen and oxygen atoms in total. The second-order valence-corrected chi connectivity index (χ2v) is 9.42. The molecule has 2 atom stereocenters. The number of carboxylic acids is 1. The standard InChI is InChI=1S/C22H33Cl2N3O4S/c1-15(2)20(21(29)25-18(22(30)31)8-13-32-3)26-19(28)14-16-4-6-17(7-5-16)27(11-9-23)12-10-24/h4-7,15,18,20H,8-14H2,1-3H3,(H,25,29)(H,26,28)(H,30,31)/t18-,20-/m0/s1. The van der Waals surface area contributed by atoms with Crippen molar-refractivity contribution in [3.05, 3.63) is 29.8 Å². The number of carboxylic acid groups (broad SMARTS) is 1. The van der Waals surface area contributed by atoms with Crippen molar-refractivity contribution in [2.75, 3.05) is 41.8 Å². The summed E-state index contributed by atoms with van der Waals surface area (Å²) < 4.78 is 0. The van der Waals surface area contributed by atoms with Crippen molar-refractivity contribution in [3.8, 4) is 0 Å². The van der Waals surface area contributed by atoms with Gasteiger partial charge in [0.15, 0.2) is 0 Å². The summed E-state index contributed by atoms with van der Waals surface area (Å²) in [5, 5.41) is 14.6. The van der Waals surface area contributed by atoms with Gasteiger partial charge in [-0.15, -0.1) is 23.2 Å². The minimum atomic E-state index is -1.08. The monoisotopic (exact) mass is 505 g/mol. The van der Waals surface area contributed by atoms with Crippen molar-refractivity contribution in [1.82, 2.24) is 10.6 Å². The van der Waals surface area contributed by atoms with E-state index in [1.54, 1.807) is 13.8 Å². The van der Waals surface area contributed by atoms with E-state index in [4.69, 9.17) is 23.2 Å². The van der Waals surface area contributed by atoms with Crippen molar-refractivity contribution < 1.29 is 19.5 Å². The van der Waals surface area contributed by atoms with Gasteiger partial charge in [0.1, 0.15) is 12.1 Å². The Bertz CT molecular complexity index is 728. The highest BCUT2D eigenvalue weighted by Crippen LogP contribution is 2.16. The van der Waals surface area contributed by atoms with E-state index >= 15 is 0 Å². The maximum absolute atomic E-state index is 12.7. The maximum atomic E-state index is 12.7. The average molecular weight is 506 g/mol. The molecule has 0 aliphatic carbocycles. The van der Waals surface area contributed by atoms with Crippen molar-refractivity contribution in [2.24, 2.45) is 5.92 Å². The Balaban J connectivity index is 2.76. The summed E-state index contributed by atoms with van der Waals surface area (Å²) in [5.74, 6) is -0.496. The lowest BCUT2D eigenvalue weighted by atomic mass is 10.0. The van der Waals surface area contributed by atoms with E-state index in [0.717, 1.165) is 11.3 Å². The predicted octanol–water partition coefficient (Wildman–Crippen LogP) is 2.98. The molecule has 0 radical (unpaired) electrons. The van der Waals surface area contributed by atoms with Crippen LogP contribution in [0.1, 0.15) is 25.8 Å². The molecule has 0 spiro atoms. The van der Waals surface area contributed by atoms with Crippen LogP contribution in [0.3, 0.4) is 0 Å². The third-order valence-corrected chi connectivity index (χ3v) is 5.85. The lowest BCUT2D eigenvalue weighted by Crippen LogP contribution is -2.54. The average Bonchev–Trinajstić information content (AvgIpc) is 2.74. The molecule has 180 valence electrons. The fourth-order valence-electron chi connectivity index (χ4n) is 3.10. The summed E-state index contributed by atoms with van der Waals surface area (Å²) in [4.78, 5) is 38.8. The van der Waals surface area contributed by atoms with Crippen LogP contribution in [0, 0.1) is 5.92 Å². The third kappa shape index (κ3) is 9.88. The highest BCUT2D eigenvalue weighted by molar-refractivity contribution is 7.98. The molecule has 0 bridgehead atoms. The van der Waals surface area contributed by atoms with Crippen LogP contribution in [-0.2, 0) is 20.8 Å². The minimum Gasteiger partial charge on any atom is -0.480 e. The van der Waals surface area contributed by atoms with Gasteiger partial charge in [0.25, 0.3) is 0 Å². The Morgan fingerprint density at radius 1 is 1.06 bits per heavy atom. The lowest BCUT2D eigenvalue weighted by Gasteiger charge is -2.24. The molecule has 10 heteroatoms. The number of rotatable bonds is 15. The molecule has 3 N–H and O–H groups in total. The highest BCUT2D eigenvalue weighted by Gasteiger charge is 2.28. The quantitative estimate of drug-likeness (QED) is 0.317. The first-order valence-corrected chi connectivity index (χ1v) is 13.0. The zero-order valence-corrected chi connectivity index (χ0v) is 21.1. The zero-order chi connectivity index (χ0) is 24.1. The van der Waals surface area contributed by atoms with Crippen LogP contribution in [0.25, 0.3) is 0 Å². The van der Waals surface area contributed by atoms with Gasteiger partial charge in [-0.05, 0) is 42.0 Å². The Morgan fingerprint density at radius 3 is 2.12 bits per heavy atom. The number of alkyl halides is 2. The Labute approximate surface area is 204 Å². The normalized spacial score (nSPS) is 12.8. The second kappa shape index (κ2) is 15.2. The van der Waals surface area contributed by atoms with Gasteiger partial charge in [0.05, 0.1) is 6.42 Å². The van der Waals surface area contributed by atoms with Crippen LogP contribution in [0.2, 0.25) is 0 Å². The molecule has 0 aromatic heterocycles. The largest absolute Gasteiger partial charge is 0.480 e. The van der Waals surface area contributed by atoms with Gasteiger partial charge in [-0.2, -0.15) is 11.8 Å². The lowest BCUT2D eigenvalue weighted by molar-refractivity contribution is -0.142. The van der Waals surface area contributed by atoms with Crippen LogP contribution < -0.4 is 15.5 Å². The molecule has 1 aromatic rings. The summed E-state index contributed by atoms with van der Waals surface area (Å²) in [6, 6.07) is 5.75. The first-order chi connectivity index (χ1) is 15.2. The van der Waals surface area contributed by atoms with E-state index in [0.29, 0.717) is 37.0 Å². The number of amides is 2. The number of aliphatic carboxylic acids is 1. The van der Waals surface area contributed by atoms with Gasteiger partial charge >= 0.3 is 5.97 Å². The molecule has 1 rings (SSSR count). The van der Waals surface area contributed by atoms with Crippen LogP contribution in [0.15, 0.2) is 24.3 Å². The van der Waals surface area contributed by atoms with Gasteiger partial charge in [0.2, 0.25) is 11.8 Å². The molecule has 0 aliphatic heterocycles. The van der Waals surface area contributed by atoms with E-state index in [9.17, 15) is 19.5 Å². The number of carbonyl (C=O) groups is 3. The van der Waals surface area contributed by atoms with E-state index in [1.165, 1.54) is 11.8 Å². The number of hydrogen-bond donors (Lipinski definition) is 3. The molecular formula is C22H33Cl2N3O4S. The number of carbonyl (C=O) groups excluding carboxylic acids is 2. The van der Waals surface area contributed by atoms with Gasteiger partial charge in [-0.25, -0.2) is 4.79 Å². The summed E-state index contributed by atoms with van der Waals surface area (Å²) in [6.45, 7) is 4.96. The van der Waals surface area contributed by atoms with Crippen LogP contribution in [-0.4, -0.2) is 71.8 Å². The summed E-state index contributed by atoms with van der Waals surface area (Å²) in [5.41, 5.74) is 1.77. The zero-order valence-electron chi connectivity index (χ0n) is 18.8. The Hall–Kier alpha value is -1.64. The molecular weight excluding hydrogens is 473 g/mol. The van der Waals surface area contributed by atoms with Crippen molar-refractivity contribution in [3.63, 3.8) is 0 Å². The number of benzene rings is 1. The first kappa shape index (κ1) is 28.4. The summed E-state index contributed by atoms with van der Waals surface area (Å²) in [7, 11) is 0. The fraction of sp³-hybridized carbons (Fsp3) is 0.591. The molecule has 0 unspecified atom stereocenters. The second-order valence-electron chi connectivity index (χ2n) is 7.68. The van der Waals surface area contributed by atoms with Gasteiger partial charge in [-0.1, -0.05) is 26.0 Å². The Kier molecular flexibility index (Phi) is 13.5. The van der Waals surface area contributed by atoms with Crippen molar-refractivity contribution in [2.45, 2.75) is 38.8 Å². The van der Waals surface area contributed by atoms with E-state index in [1.807, 2.05) is 30.5 Å². The topological polar surface area (TPSA) is 98.7 Å². The molecule has 0 fully saturated rings. The smallest absolute Gasteiger partial charge is 0.326 e. The number of anilines is 1. The summed E-state index contributed by atoms with van der Waals surface area (Å²) in [6.07, 6.45) is 2.30. The highest BCUT2D eigenvalue weighted by atomic mass is 35.5. The SMILES string of the molecule is CSCC[C@H](NC(=O)[C@@H](NC(=O)Cc1ccc(N(CCCl)CCCl)cc1)C(C)C)C(=O)O. The number of nitrogens with zero attached hydrogens (tertiary/aromatic N) is 1. The molecule has 0 aliphatic rings. The molecule has 2 amide bonds. The number of hydrogen-bond acceptors (Lipinski definition) is 5. The molecule has 1 aromatic carbocycles. The number of nitrogens with one attached hydrogen (secondary N) is 2. The molecule has 32 heavy (non-hydrogen) atoms. The number of thioether (sulfide) groups is 1. The molecule has 0 saturated carbocycles. The summed E-state index contributed by atoms with van der Waals surface area (Å²) >= 11 is 13.2. The molecule has 0 saturated heterocycles. The first-order valence-electron chi connectivity index (χ1n) is 10.5. The van der Waals surface area contributed by atoms with Gasteiger partial charge < -0.3 is 20.6 Å². The van der Waals surface area contributed by atoms with Gasteiger partial charge in [-0.3, -0.25) is 9.59 Å². The molecule has 0 heterocycles. The maximum Gasteiger partial charge on any atom is 0.326 e. The minimum absolute atomic E-state index is 0.108. The number of halogens is 2. The predicted molar refractivity (Wildman–Crippen MR) is 133 cm³/mol. The van der Waals surface area contributed by atoms with E-state index in [2.05, 4.69) is 15.5 Å². The fourth-order valence-corrected chi connectivity index (χ4v) is 3.98. The van der Waals surface area contributed by atoms with Crippen molar-refractivity contribution >= 4 is 58.4 Å². The van der Waals surface area contributed by atoms with Crippen molar-refractivity contribution in [1.29, 1.82) is 0 Å². The van der Waals surface area contributed by atoms with E-state index in [-0.39, 0.29) is 18.2 Å². The third-order valence-electron chi connectivity index (χ3n) is 4.87. The van der Waals surface area contributed by atoms with Crippen LogP contribution in [0.4, 0.5) is 5.69 Å². The van der Waals surface area contributed by atoms with Gasteiger partial charge in [0, 0.05) is 30.5 Å². The Morgan fingerprint density at radius 2 is 1.66 bits per heavy atom. The van der Waals surface area contributed by atoms with Crippen LogP contribution >= 0.6 is 35.0 Å². The van der Waals surface area contributed by atoms with Crippen LogP contribution in [0.5, 0.6) is 0 Å².